The molecule has 19 heavy (non-hydrogen) atoms. The first-order valence-electron chi connectivity index (χ1n) is 5.81. The summed E-state index contributed by atoms with van der Waals surface area (Å²) in [6.07, 6.45) is 1.66. The fourth-order valence-corrected chi connectivity index (χ4v) is 1.84. The van der Waals surface area contributed by atoms with E-state index in [-0.39, 0.29) is 5.56 Å². The lowest BCUT2D eigenvalue weighted by Gasteiger charge is -2.12. The number of methoxy groups -OCH3 is 2. The van der Waals surface area contributed by atoms with Crippen molar-refractivity contribution >= 4 is 5.69 Å². The Morgan fingerprint density at radius 2 is 1.95 bits per heavy atom. The largest absolute Gasteiger partial charge is 0.497 e. The van der Waals surface area contributed by atoms with Crippen molar-refractivity contribution in [2.75, 3.05) is 20.0 Å². The van der Waals surface area contributed by atoms with E-state index in [1.54, 1.807) is 31.0 Å². The Hall–Kier alpha value is -2.43. The van der Waals surface area contributed by atoms with Gasteiger partial charge in [0.15, 0.2) is 0 Å². The minimum atomic E-state index is -0.148. The van der Waals surface area contributed by atoms with E-state index in [0.717, 1.165) is 11.3 Å². The van der Waals surface area contributed by atoms with Crippen molar-refractivity contribution in [2.45, 2.75) is 6.54 Å². The number of anilines is 1. The monoisotopic (exact) mass is 260 g/mol. The molecule has 0 radical (unpaired) electrons. The number of benzene rings is 1. The molecule has 0 unspecified atom stereocenters. The summed E-state index contributed by atoms with van der Waals surface area (Å²) in [7, 11) is 3.19. The quantitative estimate of drug-likeness (QED) is 0.904. The van der Waals surface area contributed by atoms with Crippen molar-refractivity contribution in [3.63, 3.8) is 0 Å². The highest BCUT2D eigenvalue weighted by atomic mass is 16.5. The fraction of sp³-hybridized carbons (Fsp3) is 0.214. The van der Waals surface area contributed by atoms with Gasteiger partial charge in [0.2, 0.25) is 0 Å². The Kier molecular flexibility index (Phi) is 3.75. The maximum absolute atomic E-state index is 11.8. The highest BCUT2D eigenvalue weighted by molar-refractivity contribution is 5.41. The van der Waals surface area contributed by atoms with Gasteiger partial charge in [-0.05, 0) is 24.3 Å². The molecule has 0 bridgehead atoms. The molecule has 1 heterocycles. The number of nitrogens with two attached hydrogens (primary N) is 1. The maximum Gasteiger partial charge on any atom is 0.252 e. The lowest BCUT2D eigenvalue weighted by Crippen LogP contribution is -2.19. The van der Waals surface area contributed by atoms with Gasteiger partial charge in [-0.3, -0.25) is 4.79 Å². The van der Waals surface area contributed by atoms with Crippen LogP contribution in [0, 0.1) is 0 Å². The smallest absolute Gasteiger partial charge is 0.252 e. The molecule has 0 saturated carbocycles. The van der Waals surface area contributed by atoms with E-state index in [4.69, 9.17) is 15.2 Å². The molecule has 0 saturated heterocycles. The molecule has 5 heteroatoms. The molecule has 0 amide bonds. The summed E-state index contributed by atoms with van der Waals surface area (Å²) in [6.45, 7) is 0.402. The number of nitrogen functional groups attached to an aromatic ring is 1. The Bertz CT molecular complexity index is 635. The molecule has 2 N–H and O–H groups in total. The third-order valence-electron chi connectivity index (χ3n) is 2.85. The predicted molar refractivity (Wildman–Crippen MR) is 73.8 cm³/mol. The molecular weight excluding hydrogens is 244 g/mol. The lowest BCUT2D eigenvalue weighted by atomic mass is 10.2. The van der Waals surface area contributed by atoms with Crippen molar-refractivity contribution in [1.29, 1.82) is 0 Å². The van der Waals surface area contributed by atoms with Gasteiger partial charge in [-0.15, -0.1) is 0 Å². The number of rotatable bonds is 4. The summed E-state index contributed by atoms with van der Waals surface area (Å²) in [5.74, 6) is 1.43. The van der Waals surface area contributed by atoms with Crippen LogP contribution in [0.2, 0.25) is 0 Å². The molecule has 0 aliphatic heterocycles. The van der Waals surface area contributed by atoms with E-state index >= 15 is 0 Å². The fourth-order valence-electron chi connectivity index (χ4n) is 1.84. The van der Waals surface area contributed by atoms with Crippen LogP contribution in [-0.4, -0.2) is 18.8 Å². The van der Waals surface area contributed by atoms with Crippen LogP contribution in [-0.2, 0) is 6.54 Å². The normalized spacial score (nSPS) is 10.2. The zero-order valence-electron chi connectivity index (χ0n) is 10.9. The van der Waals surface area contributed by atoms with Crippen molar-refractivity contribution < 1.29 is 9.47 Å². The van der Waals surface area contributed by atoms with Crippen LogP contribution in [0.1, 0.15) is 5.56 Å². The van der Waals surface area contributed by atoms with Crippen LogP contribution in [0.5, 0.6) is 11.5 Å². The van der Waals surface area contributed by atoms with E-state index in [0.29, 0.717) is 18.0 Å². The second-order valence-corrected chi connectivity index (χ2v) is 4.10. The van der Waals surface area contributed by atoms with Crippen LogP contribution in [0.4, 0.5) is 5.69 Å². The third kappa shape index (κ3) is 2.88. The van der Waals surface area contributed by atoms with Crippen molar-refractivity contribution in [3.05, 3.63) is 52.4 Å². The van der Waals surface area contributed by atoms with Crippen LogP contribution in [0.3, 0.4) is 0 Å². The van der Waals surface area contributed by atoms with Crippen LogP contribution < -0.4 is 20.8 Å². The van der Waals surface area contributed by atoms with Gasteiger partial charge in [-0.2, -0.15) is 0 Å². The van der Waals surface area contributed by atoms with Crippen molar-refractivity contribution in [1.82, 2.24) is 4.57 Å². The van der Waals surface area contributed by atoms with Crippen molar-refractivity contribution in [2.24, 2.45) is 0 Å². The zero-order chi connectivity index (χ0) is 13.8. The van der Waals surface area contributed by atoms with Gasteiger partial charge >= 0.3 is 0 Å². The number of ether oxygens (including phenoxy) is 2. The molecule has 2 rings (SSSR count). The number of pyridine rings is 1. The lowest BCUT2D eigenvalue weighted by molar-refractivity contribution is 0.397. The Labute approximate surface area is 111 Å². The van der Waals surface area contributed by atoms with E-state index < -0.39 is 0 Å². The van der Waals surface area contributed by atoms with Gasteiger partial charge in [-0.25, -0.2) is 0 Å². The highest BCUT2D eigenvalue weighted by Gasteiger charge is 2.07. The second-order valence-electron chi connectivity index (χ2n) is 4.10. The summed E-state index contributed by atoms with van der Waals surface area (Å²) in [4.78, 5) is 11.8. The molecule has 1 aromatic carbocycles. The average Bonchev–Trinajstić information content (AvgIpc) is 2.41. The summed E-state index contributed by atoms with van der Waals surface area (Å²) >= 11 is 0. The van der Waals surface area contributed by atoms with Crippen LogP contribution in [0.25, 0.3) is 0 Å². The van der Waals surface area contributed by atoms with Gasteiger partial charge < -0.3 is 19.8 Å². The summed E-state index contributed by atoms with van der Waals surface area (Å²) in [5.41, 5.74) is 6.74. The molecular formula is C14H16N2O3. The average molecular weight is 260 g/mol. The Balaban J connectivity index is 2.39. The van der Waals surface area contributed by atoms with Crippen LogP contribution in [0.15, 0.2) is 41.3 Å². The maximum atomic E-state index is 11.8. The summed E-state index contributed by atoms with van der Waals surface area (Å²) in [6, 6.07) is 8.56. The highest BCUT2D eigenvalue weighted by Crippen LogP contribution is 2.24. The molecule has 0 aliphatic carbocycles. The Morgan fingerprint density at radius 3 is 2.58 bits per heavy atom. The molecule has 0 spiro atoms. The van der Waals surface area contributed by atoms with E-state index in [9.17, 15) is 4.79 Å². The Morgan fingerprint density at radius 1 is 1.16 bits per heavy atom. The summed E-state index contributed by atoms with van der Waals surface area (Å²) < 4.78 is 12.0. The first kappa shape index (κ1) is 13.0. The topological polar surface area (TPSA) is 66.5 Å². The minimum Gasteiger partial charge on any atom is -0.497 e. The van der Waals surface area contributed by atoms with E-state index in [2.05, 4.69) is 0 Å². The minimum absolute atomic E-state index is 0.148. The van der Waals surface area contributed by atoms with Crippen LogP contribution >= 0.6 is 0 Å². The molecule has 2 aromatic rings. The molecule has 5 nitrogen and oxygen atoms in total. The standard InChI is InChI=1S/C14H16N2O3/c1-18-12-3-4-13(19-2)10(7-12)9-16-6-5-11(15)8-14(16)17/h3-8H,9,15H2,1-2H3. The molecule has 0 atom stereocenters. The first-order valence-corrected chi connectivity index (χ1v) is 5.81. The number of hydrogen-bond donors (Lipinski definition) is 1. The van der Waals surface area contributed by atoms with E-state index in [1.807, 2.05) is 18.2 Å². The number of nitrogens with zero attached hydrogens (tertiary/aromatic N) is 1. The first-order chi connectivity index (χ1) is 9.13. The zero-order valence-corrected chi connectivity index (χ0v) is 10.9. The van der Waals surface area contributed by atoms with Gasteiger partial charge in [0, 0.05) is 23.5 Å². The van der Waals surface area contributed by atoms with E-state index in [1.165, 1.54) is 6.07 Å². The molecule has 0 aliphatic rings. The predicted octanol–water partition coefficient (Wildman–Crippen LogP) is 1.50. The van der Waals surface area contributed by atoms with Crippen molar-refractivity contribution in [3.8, 4) is 11.5 Å². The third-order valence-corrected chi connectivity index (χ3v) is 2.85. The van der Waals surface area contributed by atoms with Gasteiger partial charge in [0.1, 0.15) is 11.5 Å². The molecule has 0 fully saturated rings. The summed E-state index contributed by atoms with van der Waals surface area (Å²) in [5, 5.41) is 0. The van der Waals surface area contributed by atoms with Gasteiger partial charge in [0.25, 0.3) is 5.56 Å². The number of hydrogen-bond acceptors (Lipinski definition) is 4. The molecule has 1 aromatic heterocycles. The SMILES string of the molecule is COc1ccc(OC)c(Cn2ccc(N)cc2=O)c1. The second kappa shape index (κ2) is 5.48. The van der Waals surface area contributed by atoms with Gasteiger partial charge in [0.05, 0.1) is 20.8 Å². The van der Waals surface area contributed by atoms with Gasteiger partial charge in [-0.1, -0.05) is 0 Å². The number of aromatic nitrogens is 1. The molecule has 100 valence electrons.